The molecule has 0 heterocycles. The van der Waals surface area contributed by atoms with Gasteiger partial charge in [-0.3, -0.25) is 4.79 Å². The van der Waals surface area contributed by atoms with Gasteiger partial charge in [0.1, 0.15) is 6.04 Å². The molecule has 26 heavy (non-hydrogen) atoms. The predicted molar refractivity (Wildman–Crippen MR) is 111 cm³/mol. The molecule has 2 aromatic carbocycles. The van der Waals surface area contributed by atoms with Crippen LogP contribution in [-0.4, -0.2) is 25.7 Å². The number of benzene rings is 2. The Bertz CT molecular complexity index is 740. The highest BCUT2D eigenvalue weighted by Crippen LogP contribution is 2.30. The van der Waals surface area contributed by atoms with Crippen molar-refractivity contribution in [2.24, 2.45) is 5.73 Å². The minimum absolute atomic E-state index is 0. The number of halogens is 2. The minimum atomic E-state index is -0.731. The number of amides is 1. The van der Waals surface area contributed by atoms with Gasteiger partial charge in [0.2, 0.25) is 5.91 Å². The summed E-state index contributed by atoms with van der Waals surface area (Å²) in [5.41, 5.74) is 9.71. The monoisotopic (exact) mass is 396 g/mol. The minimum Gasteiger partial charge on any atom is -0.383 e. The molecule has 2 aromatic rings. The third-order valence-electron chi connectivity index (χ3n) is 3.99. The second-order valence-corrected chi connectivity index (χ2v) is 7.48. The van der Waals surface area contributed by atoms with E-state index in [0.717, 1.165) is 11.1 Å². The Morgan fingerprint density at radius 3 is 2.23 bits per heavy atom. The molecule has 1 amide bonds. The summed E-state index contributed by atoms with van der Waals surface area (Å²) in [5.74, 6) is -0.328. The summed E-state index contributed by atoms with van der Waals surface area (Å²) in [4.78, 5) is 12.0. The molecule has 0 aromatic heterocycles. The highest BCUT2D eigenvalue weighted by atomic mass is 35.5. The fraction of sp³-hybridized carbons (Fsp3) is 0.350. The molecular weight excluding hydrogens is 371 g/mol. The van der Waals surface area contributed by atoms with Crippen LogP contribution in [0.3, 0.4) is 0 Å². The van der Waals surface area contributed by atoms with Gasteiger partial charge in [-0.1, -0.05) is 62.7 Å². The van der Waals surface area contributed by atoms with Crippen LogP contribution in [0.5, 0.6) is 0 Å². The molecule has 0 fully saturated rings. The molecule has 0 radical (unpaired) electrons. The van der Waals surface area contributed by atoms with Crippen molar-refractivity contribution in [1.82, 2.24) is 0 Å². The molecule has 0 aliphatic carbocycles. The van der Waals surface area contributed by atoms with Crippen LogP contribution in [0.4, 0.5) is 5.69 Å². The summed E-state index contributed by atoms with van der Waals surface area (Å²) in [5, 5.41) is 3.19. The van der Waals surface area contributed by atoms with Crippen LogP contribution in [0.25, 0.3) is 11.1 Å². The van der Waals surface area contributed by atoms with E-state index in [2.05, 4.69) is 50.4 Å². The van der Waals surface area contributed by atoms with Crippen LogP contribution in [0, 0.1) is 0 Å². The molecular formula is C20H26Cl2N2O2. The van der Waals surface area contributed by atoms with Gasteiger partial charge in [0.25, 0.3) is 0 Å². The van der Waals surface area contributed by atoms with E-state index < -0.39 is 6.04 Å². The molecule has 3 N–H and O–H groups in total. The standard InChI is InChI=1S/C20H25ClN2O2.ClH/c1-20(2,3)15-8-5-13(6-9-15)14-7-10-18(16(21)11-14)23-19(24)17(22)12-25-4;/h5-11,17H,12,22H2,1-4H3,(H,23,24);1H. The molecule has 6 heteroatoms. The van der Waals surface area contributed by atoms with Crippen molar-refractivity contribution < 1.29 is 9.53 Å². The van der Waals surface area contributed by atoms with Crippen molar-refractivity contribution in [2.75, 3.05) is 19.0 Å². The van der Waals surface area contributed by atoms with Crippen LogP contribution in [0.2, 0.25) is 5.02 Å². The highest BCUT2D eigenvalue weighted by molar-refractivity contribution is 6.34. The second kappa shape index (κ2) is 9.38. The maximum absolute atomic E-state index is 12.0. The van der Waals surface area contributed by atoms with E-state index in [-0.39, 0.29) is 30.3 Å². The summed E-state index contributed by atoms with van der Waals surface area (Å²) >= 11 is 6.32. The smallest absolute Gasteiger partial charge is 0.243 e. The van der Waals surface area contributed by atoms with Crippen molar-refractivity contribution in [1.29, 1.82) is 0 Å². The van der Waals surface area contributed by atoms with E-state index in [1.165, 1.54) is 12.7 Å². The van der Waals surface area contributed by atoms with Gasteiger partial charge in [-0.25, -0.2) is 0 Å². The van der Waals surface area contributed by atoms with Gasteiger partial charge in [-0.15, -0.1) is 12.4 Å². The summed E-state index contributed by atoms with van der Waals surface area (Å²) in [6.07, 6.45) is 0. The molecule has 0 aliphatic rings. The molecule has 0 bridgehead atoms. The van der Waals surface area contributed by atoms with E-state index >= 15 is 0 Å². The maximum atomic E-state index is 12.0. The fourth-order valence-electron chi connectivity index (χ4n) is 2.44. The number of ether oxygens (including phenoxy) is 1. The van der Waals surface area contributed by atoms with E-state index in [4.69, 9.17) is 22.1 Å². The van der Waals surface area contributed by atoms with E-state index in [0.29, 0.717) is 10.7 Å². The van der Waals surface area contributed by atoms with Gasteiger partial charge in [0, 0.05) is 7.11 Å². The van der Waals surface area contributed by atoms with E-state index in [9.17, 15) is 4.79 Å². The SMILES string of the molecule is COCC(N)C(=O)Nc1ccc(-c2ccc(C(C)(C)C)cc2)cc1Cl.Cl. The van der Waals surface area contributed by atoms with Crippen LogP contribution in [0.1, 0.15) is 26.3 Å². The zero-order valence-corrected chi connectivity index (χ0v) is 17.1. The first-order valence-electron chi connectivity index (χ1n) is 8.18. The van der Waals surface area contributed by atoms with Crippen molar-refractivity contribution in [3.05, 3.63) is 53.1 Å². The van der Waals surface area contributed by atoms with Gasteiger partial charge < -0.3 is 15.8 Å². The van der Waals surface area contributed by atoms with Crippen molar-refractivity contribution in [3.8, 4) is 11.1 Å². The summed E-state index contributed by atoms with van der Waals surface area (Å²) in [6, 6.07) is 13.2. The first-order valence-corrected chi connectivity index (χ1v) is 8.56. The first kappa shape index (κ1) is 22.5. The Kier molecular flexibility index (Phi) is 8.10. The second-order valence-electron chi connectivity index (χ2n) is 7.07. The fourth-order valence-corrected chi connectivity index (χ4v) is 2.67. The van der Waals surface area contributed by atoms with Crippen LogP contribution in [-0.2, 0) is 14.9 Å². The van der Waals surface area contributed by atoms with Gasteiger partial charge in [-0.2, -0.15) is 0 Å². The number of carbonyl (C=O) groups is 1. The zero-order chi connectivity index (χ0) is 18.6. The molecule has 0 saturated carbocycles. The summed E-state index contributed by atoms with van der Waals surface area (Å²) in [7, 11) is 1.50. The van der Waals surface area contributed by atoms with Crippen molar-refractivity contribution >= 4 is 35.6 Å². The van der Waals surface area contributed by atoms with Gasteiger partial charge in [0.05, 0.1) is 17.3 Å². The first-order chi connectivity index (χ1) is 11.7. The largest absolute Gasteiger partial charge is 0.383 e. The lowest BCUT2D eigenvalue weighted by molar-refractivity contribution is -0.118. The molecule has 0 aliphatic heterocycles. The third kappa shape index (κ3) is 5.71. The number of hydrogen-bond donors (Lipinski definition) is 2. The predicted octanol–water partition coefficient (Wildman–Crippen LogP) is 4.64. The molecule has 142 valence electrons. The summed E-state index contributed by atoms with van der Waals surface area (Å²) < 4.78 is 4.88. The van der Waals surface area contributed by atoms with Crippen LogP contribution >= 0.6 is 24.0 Å². The Labute approximate surface area is 166 Å². The zero-order valence-electron chi connectivity index (χ0n) is 15.5. The topological polar surface area (TPSA) is 64.3 Å². The number of nitrogens with two attached hydrogens (primary N) is 1. The Morgan fingerprint density at radius 1 is 1.15 bits per heavy atom. The normalized spacial score (nSPS) is 12.2. The average Bonchev–Trinajstić information content (AvgIpc) is 2.56. The van der Waals surface area contributed by atoms with Crippen LogP contribution < -0.4 is 11.1 Å². The number of rotatable bonds is 5. The molecule has 0 spiro atoms. The van der Waals surface area contributed by atoms with Gasteiger partial charge in [-0.05, 0) is 34.2 Å². The number of anilines is 1. The lowest BCUT2D eigenvalue weighted by atomic mass is 9.86. The molecule has 2 rings (SSSR count). The lowest BCUT2D eigenvalue weighted by Crippen LogP contribution is -2.39. The van der Waals surface area contributed by atoms with Gasteiger partial charge in [0.15, 0.2) is 0 Å². The average molecular weight is 397 g/mol. The third-order valence-corrected chi connectivity index (χ3v) is 4.31. The van der Waals surface area contributed by atoms with E-state index in [1.54, 1.807) is 6.07 Å². The Balaban J connectivity index is 0.00000338. The molecule has 1 atom stereocenters. The quantitative estimate of drug-likeness (QED) is 0.773. The lowest BCUT2D eigenvalue weighted by Gasteiger charge is -2.19. The number of carbonyl (C=O) groups excluding carboxylic acids is 1. The number of nitrogens with one attached hydrogen (secondary N) is 1. The Morgan fingerprint density at radius 2 is 1.73 bits per heavy atom. The van der Waals surface area contributed by atoms with Crippen LogP contribution in [0.15, 0.2) is 42.5 Å². The number of methoxy groups -OCH3 is 1. The van der Waals surface area contributed by atoms with E-state index in [1.807, 2.05) is 12.1 Å². The van der Waals surface area contributed by atoms with Crippen molar-refractivity contribution in [2.45, 2.75) is 32.2 Å². The maximum Gasteiger partial charge on any atom is 0.243 e. The molecule has 4 nitrogen and oxygen atoms in total. The Hall–Kier alpha value is -1.59. The highest BCUT2D eigenvalue weighted by Gasteiger charge is 2.16. The van der Waals surface area contributed by atoms with Crippen molar-refractivity contribution in [3.63, 3.8) is 0 Å². The summed E-state index contributed by atoms with van der Waals surface area (Å²) in [6.45, 7) is 6.71. The number of hydrogen-bond acceptors (Lipinski definition) is 3. The van der Waals surface area contributed by atoms with Gasteiger partial charge >= 0.3 is 0 Å². The molecule has 0 saturated heterocycles. The molecule has 1 unspecified atom stereocenters.